The van der Waals surface area contributed by atoms with E-state index in [1.807, 2.05) is 0 Å². The van der Waals surface area contributed by atoms with E-state index in [0.29, 0.717) is 11.4 Å². The largest absolute Gasteiger partial charge is 0.388 e. The molecule has 3 N–H and O–H groups in total. The second kappa shape index (κ2) is 4.50. The molecular weight excluding hydrogens is 195 g/mol. The van der Waals surface area contributed by atoms with Crippen molar-refractivity contribution in [2.24, 2.45) is 5.73 Å². The van der Waals surface area contributed by atoms with Crippen molar-refractivity contribution < 1.29 is 9.50 Å². The Balaban J connectivity index is 2.91. The summed E-state index contributed by atoms with van der Waals surface area (Å²) in [5.41, 5.74) is 5.31. The molecule has 0 radical (unpaired) electrons. The number of aliphatic hydroxyl groups is 1. The van der Waals surface area contributed by atoms with Gasteiger partial charge in [0, 0.05) is 11.8 Å². The highest BCUT2D eigenvalue weighted by Gasteiger charge is 2.13. The lowest BCUT2D eigenvalue weighted by Gasteiger charge is -2.09. The van der Waals surface area contributed by atoms with E-state index in [0.717, 1.165) is 0 Å². The lowest BCUT2D eigenvalue weighted by atomic mass is 10.1. The minimum atomic E-state index is -0.934. The van der Waals surface area contributed by atoms with Crippen LogP contribution in [-0.4, -0.2) is 16.6 Å². The van der Waals surface area contributed by atoms with Gasteiger partial charge in [-0.1, -0.05) is 11.6 Å². The van der Waals surface area contributed by atoms with Gasteiger partial charge in [0.05, 0.1) is 11.1 Å². The summed E-state index contributed by atoms with van der Waals surface area (Å²) in [6.45, 7) is 0.285. The van der Waals surface area contributed by atoms with Gasteiger partial charge in [-0.15, -0.1) is 0 Å². The Labute approximate surface area is 80.3 Å². The van der Waals surface area contributed by atoms with Gasteiger partial charge in [-0.3, -0.25) is 0 Å². The molecule has 0 saturated carbocycles. The Morgan fingerprint density at radius 1 is 1.69 bits per heavy atom. The lowest BCUT2D eigenvalue weighted by molar-refractivity contribution is 0.164. The van der Waals surface area contributed by atoms with Gasteiger partial charge in [-0.05, 0) is 19.0 Å². The van der Waals surface area contributed by atoms with Crippen LogP contribution in [-0.2, 0) is 0 Å². The van der Waals surface area contributed by atoms with Crippen molar-refractivity contribution in [3.63, 3.8) is 0 Å². The molecule has 1 heterocycles. The average Bonchev–Trinajstić information content (AvgIpc) is 2.09. The number of halogens is 2. The molecule has 0 fully saturated rings. The van der Waals surface area contributed by atoms with E-state index in [1.165, 1.54) is 12.3 Å². The second-order valence-corrected chi connectivity index (χ2v) is 3.06. The number of aliphatic hydroxyl groups excluding tert-OH is 1. The van der Waals surface area contributed by atoms with E-state index in [2.05, 4.69) is 4.98 Å². The summed E-state index contributed by atoms with van der Waals surface area (Å²) in [4.78, 5) is 3.38. The molecule has 0 aliphatic carbocycles. The topological polar surface area (TPSA) is 59.1 Å². The van der Waals surface area contributed by atoms with E-state index in [1.54, 1.807) is 0 Å². The summed E-state index contributed by atoms with van der Waals surface area (Å²) in [5.74, 6) is -0.703. The zero-order chi connectivity index (χ0) is 9.84. The quantitative estimate of drug-likeness (QED) is 0.729. The fourth-order valence-electron chi connectivity index (χ4n) is 0.985. The number of nitrogens with zero attached hydrogens (tertiary/aromatic N) is 1. The van der Waals surface area contributed by atoms with Crippen LogP contribution in [0.25, 0.3) is 0 Å². The minimum Gasteiger partial charge on any atom is -0.388 e. The van der Waals surface area contributed by atoms with Crippen molar-refractivity contribution >= 4 is 11.6 Å². The minimum absolute atomic E-state index is 0.0953. The molecule has 5 heteroatoms. The predicted octanol–water partition coefficient (Wildman–Crippen LogP) is 1.26. The van der Waals surface area contributed by atoms with Crippen molar-refractivity contribution in [1.29, 1.82) is 0 Å². The Kier molecular flexibility index (Phi) is 3.59. The smallest absolute Gasteiger partial charge is 0.218 e. The maximum absolute atomic E-state index is 13.0. The van der Waals surface area contributed by atoms with Crippen LogP contribution in [0.5, 0.6) is 0 Å². The van der Waals surface area contributed by atoms with Crippen LogP contribution in [0, 0.1) is 5.95 Å². The molecule has 1 aromatic rings. The summed E-state index contributed by atoms with van der Waals surface area (Å²) in [7, 11) is 0. The first-order chi connectivity index (χ1) is 6.15. The van der Waals surface area contributed by atoms with E-state index >= 15 is 0 Å². The van der Waals surface area contributed by atoms with Gasteiger partial charge >= 0.3 is 0 Å². The van der Waals surface area contributed by atoms with Crippen molar-refractivity contribution in [1.82, 2.24) is 4.98 Å². The van der Waals surface area contributed by atoms with E-state index in [4.69, 9.17) is 17.3 Å². The first-order valence-electron chi connectivity index (χ1n) is 3.84. The number of hydrogen-bond acceptors (Lipinski definition) is 3. The molecule has 0 aliphatic rings. The van der Waals surface area contributed by atoms with Crippen LogP contribution in [0.1, 0.15) is 18.1 Å². The Bertz CT molecular complexity index is 295. The lowest BCUT2D eigenvalue weighted by Crippen LogP contribution is -2.08. The molecule has 0 saturated heterocycles. The van der Waals surface area contributed by atoms with Gasteiger partial charge < -0.3 is 10.8 Å². The molecule has 0 spiro atoms. The van der Waals surface area contributed by atoms with E-state index < -0.39 is 12.1 Å². The first-order valence-corrected chi connectivity index (χ1v) is 4.22. The van der Waals surface area contributed by atoms with Crippen LogP contribution < -0.4 is 5.73 Å². The molecule has 72 valence electrons. The van der Waals surface area contributed by atoms with Crippen LogP contribution in [0.3, 0.4) is 0 Å². The summed E-state index contributed by atoms with van der Waals surface area (Å²) in [6.07, 6.45) is 0.547. The second-order valence-electron chi connectivity index (χ2n) is 2.63. The van der Waals surface area contributed by atoms with Gasteiger partial charge in [0.2, 0.25) is 5.95 Å². The van der Waals surface area contributed by atoms with Gasteiger partial charge in [0.25, 0.3) is 0 Å². The number of aromatic nitrogens is 1. The third kappa shape index (κ3) is 2.62. The monoisotopic (exact) mass is 204 g/mol. The molecule has 1 rings (SSSR count). The fraction of sp³-hybridized carbons (Fsp3) is 0.375. The SMILES string of the molecule is NCC[C@@H](O)c1cc(Cl)cnc1F. The molecule has 13 heavy (non-hydrogen) atoms. The number of nitrogens with two attached hydrogens (primary N) is 1. The normalized spacial score (nSPS) is 12.9. The van der Waals surface area contributed by atoms with Crippen molar-refractivity contribution in [2.75, 3.05) is 6.54 Å². The number of pyridine rings is 1. The number of hydrogen-bond donors (Lipinski definition) is 2. The van der Waals surface area contributed by atoms with Gasteiger partial charge in [-0.25, -0.2) is 4.98 Å². The molecule has 0 bridgehead atoms. The Morgan fingerprint density at radius 3 is 3.00 bits per heavy atom. The average molecular weight is 205 g/mol. The number of rotatable bonds is 3. The zero-order valence-electron chi connectivity index (χ0n) is 6.87. The molecule has 1 atom stereocenters. The van der Waals surface area contributed by atoms with Crippen LogP contribution >= 0.6 is 11.6 Å². The van der Waals surface area contributed by atoms with Crippen LogP contribution in [0.15, 0.2) is 12.3 Å². The highest BCUT2D eigenvalue weighted by Crippen LogP contribution is 2.21. The third-order valence-corrected chi connectivity index (χ3v) is 1.84. The molecular formula is C8H10ClFN2O. The molecule has 0 amide bonds. The summed E-state index contributed by atoms with van der Waals surface area (Å²) in [5, 5.41) is 9.71. The van der Waals surface area contributed by atoms with Gasteiger partial charge in [0.1, 0.15) is 0 Å². The van der Waals surface area contributed by atoms with Gasteiger partial charge in [0.15, 0.2) is 0 Å². The van der Waals surface area contributed by atoms with E-state index in [-0.39, 0.29) is 12.1 Å². The maximum atomic E-state index is 13.0. The standard InChI is InChI=1S/C8H10ClFN2O/c9-5-3-6(7(13)1-2-11)8(10)12-4-5/h3-4,7,13H,1-2,11H2/t7-/m1/s1. The summed E-state index contributed by atoms with van der Waals surface area (Å²) >= 11 is 5.59. The Hall–Kier alpha value is -0.710. The zero-order valence-corrected chi connectivity index (χ0v) is 7.63. The molecule has 0 unspecified atom stereocenters. The summed E-state index contributed by atoms with van der Waals surface area (Å²) < 4.78 is 13.0. The summed E-state index contributed by atoms with van der Waals surface area (Å²) in [6, 6.07) is 1.35. The molecule has 0 aliphatic heterocycles. The van der Waals surface area contributed by atoms with Crippen molar-refractivity contribution in [3.8, 4) is 0 Å². The van der Waals surface area contributed by atoms with Crippen LogP contribution in [0.4, 0.5) is 4.39 Å². The first kappa shape index (κ1) is 10.4. The highest BCUT2D eigenvalue weighted by atomic mass is 35.5. The fourth-order valence-corrected chi connectivity index (χ4v) is 1.15. The van der Waals surface area contributed by atoms with Gasteiger partial charge in [-0.2, -0.15) is 4.39 Å². The predicted molar refractivity (Wildman–Crippen MR) is 47.8 cm³/mol. The van der Waals surface area contributed by atoms with E-state index in [9.17, 15) is 9.50 Å². The highest BCUT2D eigenvalue weighted by molar-refractivity contribution is 6.30. The maximum Gasteiger partial charge on any atom is 0.218 e. The molecule has 1 aromatic heterocycles. The van der Waals surface area contributed by atoms with Crippen LogP contribution in [0.2, 0.25) is 5.02 Å². The van der Waals surface area contributed by atoms with Crippen molar-refractivity contribution in [2.45, 2.75) is 12.5 Å². The molecule has 0 aromatic carbocycles. The Morgan fingerprint density at radius 2 is 2.38 bits per heavy atom. The van der Waals surface area contributed by atoms with Crippen molar-refractivity contribution in [3.05, 3.63) is 28.8 Å². The molecule has 3 nitrogen and oxygen atoms in total. The third-order valence-electron chi connectivity index (χ3n) is 1.63.